The molecule has 1 fully saturated rings. The Morgan fingerprint density at radius 2 is 2.00 bits per heavy atom. The minimum atomic E-state index is -0.0448. The van der Waals surface area contributed by atoms with E-state index in [1.54, 1.807) is 17.0 Å². The van der Waals surface area contributed by atoms with Gasteiger partial charge in [-0.15, -0.1) is 0 Å². The van der Waals surface area contributed by atoms with Crippen molar-refractivity contribution >= 4 is 45.0 Å². The molecule has 0 radical (unpaired) electrons. The zero-order valence-electron chi connectivity index (χ0n) is 10.1. The summed E-state index contributed by atoms with van der Waals surface area (Å²) < 4.78 is 6.13. The van der Waals surface area contributed by atoms with Crippen molar-refractivity contribution in [2.24, 2.45) is 0 Å². The van der Waals surface area contributed by atoms with E-state index in [4.69, 9.17) is 27.9 Å². The van der Waals surface area contributed by atoms with E-state index in [0.29, 0.717) is 33.4 Å². The fourth-order valence-electron chi connectivity index (χ4n) is 1.76. The molecule has 1 heterocycles. The Labute approximate surface area is 130 Å². The molecule has 0 aromatic heterocycles. The van der Waals surface area contributed by atoms with Gasteiger partial charge < -0.3 is 15.0 Å². The van der Waals surface area contributed by atoms with Crippen LogP contribution in [0.2, 0.25) is 10.0 Å². The van der Waals surface area contributed by atoms with Gasteiger partial charge in [0.1, 0.15) is 5.75 Å². The lowest BCUT2D eigenvalue weighted by molar-refractivity contribution is -0.133. The van der Waals surface area contributed by atoms with Crippen LogP contribution in [0.4, 0.5) is 0 Å². The number of carbonyl (C=O) groups is 1. The number of nitrogens with one attached hydrogen (secondary N) is 1. The van der Waals surface area contributed by atoms with Crippen molar-refractivity contribution in [1.82, 2.24) is 10.2 Å². The largest absolute Gasteiger partial charge is 0.482 e. The van der Waals surface area contributed by atoms with Gasteiger partial charge in [0.05, 0.1) is 10.0 Å². The van der Waals surface area contributed by atoms with Crippen LogP contribution in [0.1, 0.15) is 0 Å². The Kier molecular flexibility index (Phi) is 5.33. The van der Waals surface area contributed by atoms with Gasteiger partial charge in [0.2, 0.25) is 0 Å². The number of amides is 1. The fourth-order valence-corrected chi connectivity index (χ4v) is 2.61. The van der Waals surface area contributed by atoms with Crippen molar-refractivity contribution < 1.29 is 9.53 Å². The minimum Gasteiger partial charge on any atom is -0.482 e. The first kappa shape index (κ1) is 14.9. The Morgan fingerprint density at radius 1 is 1.32 bits per heavy atom. The van der Waals surface area contributed by atoms with Crippen molar-refractivity contribution in [2.45, 2.75) is 0 Å². The van der Waals surface area contributed by atoms with E-state index in [9.17, 15) is 4.79 Å². The lowest BCUT2D eigenvalue weighted by atomic mass is 10.3. The number of piperazine rings is 1. The number of rotatable bonds is 3. The molecule has 0 bridgehead atoms. The molecule has 7 heteroatoms. The first-order valence-corrected chi connectivity index (χ1v) is 7.38. The van der Waals surface area contributed by atoms with Gasteiger partial charge in [-0.05, 0) is 22.0 Å². The molecular formula is C12H13BrCl2N2O2. The van der Waals surface area contributed by atoms with Crippen LogP contribution < -0.4 is 10.1 Å². The fraction of sp³-hybridized carbons (Fsp3) is 0.417. The van der Waals surface area contributed by atoms with Crippen LogP contribution in [-0.4, -0.2) is 43.6 Å². The van der Waals surface area contributed by atoms with Gasteiger partial charge in [-0.3, -0.25) is 4.79 Å². The van der Waals surface area contributed by atoms with Crippen LogP contribution in [0.25, 0.3) is 0 Å². The molecule has 1 aliphatic rings. The number of hydrogen-bond donors (Lipinski definition) is 1. The standard InChI is InChI=1S/C12H13BrCl2N2O2/c13-8-5-10(15)11(6-9(8)14)19-7-12(18)17-3-1-16-2-4-17/h5-6,16H,1-4,7H2. The summed E-state index contributed by atoms with van der Waals surface area (Å²) in [5.74, 6) is 0.370. The minimum absolute atomic E-state index is 0.0301. The van der Waals surface area contributed by atoms with E-state index in [0.717, 1.165) is 13.1 Å². The molecule has 1 saturated heterocycles. The molecule has 1 amide bonds. The third-order valence-electron chi connectivity index (χ3n) is 2.80. The normalized spacial score (nSPS) is 15.4. The molecule has 1 aromatic rings. The quantitative estimate of drug-likeness (QED) is 0.835. The molecule has 0 spiro atoms. The number of halogens is 3. The maximum Gasteiger partial charge on any atom is 0.260 e. The summed E-state index contributed by atoms with van der Waals surface area (Å²) in [5.41, 5.74) is 0. The van der Waals surface area contributed by atoms with Crippen molar-refractivity contribution in [3.8, 4) is 5.75 Å². The van der Waals surface area contributed by atoms with Crippen LogP contribution >= 0.6 is 39.1 Å². The smallest absolute Gasteiger partial charge is 0.260 e. The summed E-state index contributed by atoms with van der Waals surface area (Å²) >= 11 is 15.3. The number of nitrogens with zero attached hydrogens (tertiary/aromatic N) is 1. The van der Waals surface area contributed by atoms with Gasteiger partial charge in [0, 0.05) is 36.7 Å². The average Bonchev–Trinajstić information content (AvgIpc) is 2.42. The molecule has 0 unspecified atom stereocenters. The van der Waals surface area contributed by atoms with Gasteiger partial charge in [0.15, 0.2) is 6.61 Å². The van der Waals surface area contributed by atoms with Gasteiger partial charge in [-0.2, -0.15) is 0 Å². The van der Waals surface area contributed by atoms with Crippen molar-refractivity contribution in [3.63, 3.8) is 0 Å². The maximum absolute atomic E-state index is 11.9. The molecule has 0 aliphatic carbocycles. The molecule has 0 saturated carbocycles. The first-order valence-electron chi connectivity index (χ1n) is 5.84. The topological polar surface area (TPSA) is 41.6 Å². The highest BCUT2D eigenvalue weighted by Crippen LogP contribution is 2.34. The summed E-state index contributed by atoms with van der Waals surface area (Å²) in [6.07, 6.45) is 0. The van der Waals surface area contributed by atoms with Gasteiger partial charge >= 0.3 is 0 Å². The van der Waals surface area contributed by atoms with Crippen LogP contribution in [-0.2, 0) is 4.79 Å². The predicted octanol–water partition coefficient (Wildman–Crippen LogP) is 2.57. The van der Waals surface area contributed by atoms with Crippen LogP contribution in [0, 0.1) is 0 Å². The molecule has 2 rings (SSSR count). The SMILES string of the molecule is O=C(COc1cc(Cl)c(Br)cc1Cl)N1CCNCC1. The van der Waals surface area contributed by atoms with E-state index in [1.807, 2.05) is 0 Å². The molecule has 4 nitrogen and oxygen atoms in total. The summed E-state index contributed by atoms with van der Waals surface area (Å²) in [6.45, 7) is 3.01. The molecule has 104 valence electrons. The van der Waals surface area contributed by atoms with Crippen molar-refractivity contribution in [3.05, 3.63) is 26.7 Å². The van der Waals surface area contributed by atoms with E-state index < -0.39 is 0 Å². The lowest BCUT2D eigenvalue weighted by Crippen LogP contribution is -2.47. The highest BCUT2D eigenvalue weighted by Gasteiger charge is 2.17. The third kappa shape index (κ3) is 3.99. The zero-order valence-corrected chi connectivity index (χ0v) is 13.2. The second kappa shape index (κ2) is 6.79. The number of hydrogen-bond acceptors (Lipinski definition) is 3. The van der Waals surface area contributed by atoms with Gasteiger partial charge in [-0.1, -0.05) is 23.2 Å². The molecule has 1 N–H and O–H groups in total. The average molecular weight is 368 g/mol. The zero-order chi connectivity index (χ0) is 13.8. The summed E-state index contributed by atoms with van der Waals surface area (Å²) in [5, 5.41) is 4.10. The summed E-state index contributed by atoms with van der Waals surface area (Å²) in [6, 6.07) is 3.24. The number of benzene rings is 1. The Morgan fingerprint density at radius 3 is 2.68 bits per heavy atom. The summed E-state index contributed by atoms with van der Waals surface area (Å²) in [4.78, 5) is 13.7. The summed E-state index contributed by atoms with van der Waals surface area (Å²) in [7, 11) is 0. The molecule has 19 heavy (non-hydrogen) atoms. The van der Waals surface area contributed by atoms with Crippen molar-refractivity contribution in [2.75, 3.05) is 32.8 Å². The molecule has 1 aliphatic heterocycles. The number of ether oxygens (including phenoxy) is 1. The van der Waals surface area contributed by atoms with Gasteiger partial charge in [-0.25, -0.2) is 0 Å². The Balaban J connectivity index is 1.94. The lowest BCUT2D eigenvalue weighted by Gasteiger charge is -2.27. The van der Waals surface area contributed by atoms with E-state index >= 15 is 0 Å². The van der Waals surface area contributed by atoms with E-state index in [2.05, 4.69) is 21.2 Å². The maximum atomic E-state index is 11.9. The Bertz CT molecular complexity index is 479. The molecular weight excluding hydrogens is 355 g/mol. The highest BCUT2D eigenvalue weighted by molar-refractivity contribution is 9.10. The predicted molar refractivity (Wildman–Crippen MR) is 79.1 cm³/mol. The molecule has 0 atom stereocenters. The van der Waals surface area contributed by atoms with Crippen LogP contribution in [0.5, 0.6) is 5.75 Å². The third-order valence-corrected chi connectivity index (χ3v) is 4.29. The highest BCUT2D eigenvalue weighted by atomic mass is 79.9. The van der Waals surface area contributed by atoms with E-state index in [-0.39, 0.29) is 12.5 Å². The second-order valence-electron chi connectivity index (χ2n) is 4.12. The molecule has 1 aromatic carbocycles. The monoisotopic (exact) mass is 366 g/mol. The Hall–Kier alpha value is -0.490. The first-order chi connectivity index (χ1) is 9.08. The number of carbonyl (C=O) groups excluding carboxylic acids is 1. The second-order valence-corrected chi connectivity index (χ2v) is 5.78. The van der Waals surface area contributed by atoms with Crippen molar-refractivity contribution in [1.29, 1.82) is 0 Å². The van der Waals surface area contributed by atoms with Crippen LogP contribution in [0.3, 0.4) is 0 Å². The van der Waals surface area contributed by atoms with E-state index in [1.165, 1.54) is 0 Å². The van der Waals surface area contributed by atoms with Gasteiger partial charge in [0.25, 0.3) is 5.91 Å². The van der Waals surface area contributed by atoms with Crippen LogP contribution in [0.15, 0.2) is 16.6 Å².